The van der Waals surface area contributed by atoms with Gasteiger partial charge in [-0.15, -0.1) is 10.2 Å². The number of aromatic nitrogens is 3. The Morgan fingerprint density at radius 3 is 2.44 bits per heavy atom. The molecule has 5 aromatic rings. The Kier molecular flexibility index (Phi) is 7.66. The Balaban J connectivity index is 1.40. The Morgan fingerprint density at radius 2 is 1.68 bits per heavy atom. The molecule has 0 aliphatic carbocycles. The molecule has 3 N–H and O–H groups in total. The fraction of sp³-hybridized carbons (Fsp3) is 0.138. The SMILES string of the molecule is COc1ccccc1NC(=O)Cn1c(O)c(N=NC(=S)Nc2c(C)n(C)n(-c3ccccc3)c2=O)c2ccccc21. The number of thiocarbonyl (C=S) groups is 1. The van der Waals surface area contributed by atoms with Crippen LogP contribution in [0, 0.1) is 6.92 Å². The summed E-state index contributed by atoms with van der Waals surface area (Å²) in [5.74, 6) is -0.113. The quantitative estimate of drug-likeness (QED) is 0.181. The summed E-state index contributed by atoms with van der Waals surface area (Å²) >= 11 is 5.37. The van der Waals surface area contributed by atoms with Crippen molar-refractivity contribution in [1.29, 1.82) is 0 Å². The summed E-state index contributed by atoms with van der Waals surface area (Å²) in [4.78, 5) is 26.1. The molecule has 3 aromatic carbocycles. The van der Waals surface area contributed by atoms with Gasteiger partial charge in [-0.3, -0.25) is 14.3 Å². The lowest BCUT2D eigenvalue weighted by Gasteiger charge is -2.11. The number of rotatable bonds is 7. The topological polar surface area (TPSA) is 127 Å². The van der Waals surface area contributed by atoms with Crippen molar-refractivity contribution in [3.63, 3.8) is 0 Å². The van der Waals surface area contributed by atoms with E-state index < -0.39 is 0 Å². The van der Waals surface area contributed by atoms with Gasteiger partial charge in [0.1, 0.15) is 18.0 Å². The van der Waals surface area contributed by atoms with Crippen LogP contribution < -0.4 is 20.9 Å². The molecule has 0 atom stereocenters. The average Bonchev–Trinajstić information content (AvgIpc) is 3.36. The molecule has 0 spiro atoms. The summed E-state index contributed by atoms with van der Waals surface area (Å²) in [5.41, 5.74) is 2.55. The van der Waals surface area contributed by atoms with Gasteiger partial charge in [-0.1, -0.05) is 48.5 Å². The van der Waals surface area contributed by atoms with E-state index in [1.165, 1.54) is 16.4 Å². The summed E-state index contributed by atoms with van der Waals surface area (Å²) < 4.78 is 9.97. The van der Waals surface area contributed by atoms with E-state index in [9.17, 15) is 14.7 Å². The third-order valence-corrected chi connectivity index (χ3v) is 6.81. The first-order valence-electron chi connectivity index (χ1n) is 12.6. The van der Waals surface area contributed by atoms with Crippen molar-refractivity contribution in [3.8, 4) is 17.3 Å². The van der Waals surface area contributed by atoms with Gasteiger partial charge in [0.25, 0.3) is 5.56 Å². The predicted molar refractivity (Wildman–Crippen MR) is 162 cm³/mol. The lowest BCUT2D eigenvalue weighted by Crippen LogP contribution is -2.21. The summed E-state index contributed by atoms with van der Waals surface area (Å²) in [6.07, 6.45) is 0. The maximum Gasteiger partial charge on any atom is 0.295 e. The van der Waals surface area contributed by atoms with Gasteiger partial charge in [0.15, 0.2) is 5.69 Å². The van der Waals surface area contributed by atoms with Crippen molar-refractivity contribution in [2.45, 2.75) is 13.5 Å². The normalized spacial score (nSPS) is 11.2. The number of ether oxygens (including phenoxy) is 1. The molecule has 0 aliphatic heterocycles. The van der Waals surface area contributed by atoms with E-state index in [0.717, 1.165) is 0 Å². The minimum atomic E-state index is -0.375. The zero-order valence-corrected chi connectivity index (χ0v) is 23.3. The smallest absolute Gasteiger partial charge is 0.295 e. The molecule has 2 heterocycles. The van der Waals surface area contributed by atoms with Gasteiger partial charge in [-0.2, -0.15) is 0 Å². The van der Waals surface area contributed by atoms with Crippen molar-refractivity contribution < 1.29 is 14.6 Å². The Labute approximate surface area is 240 Å². The van der Waals surface area contributed by atoms with E-state index in [-0.39, 0.29) is 40.4 Å². The number of carbonyl (C=O) groups excluding carboxylic acids is 1. The second-order valence-electron chi connectivity index (χ2n) is 9.09. The molecule has 0 bridgehead atoms. The highest BCUT2D eigenvalue weighted by atomic mass is 32.1. The van der Waals surface area contributed by atoms with Crippen molar-refractivity contribution in [2.75, 3.05) is 17.7 Å². The molecule has 11 nitrogen and oxygen atoms in total. The molecule has 2 aromatic heterocycles. The second-order valence-corrected chi connectivity index (χ2v) is 9.48. The third kappa shape index (κ3) is 5.32. The summed E-state index contributed by atoms with van der Waals surface area (Å²) in [5, 5.41) is 25.5. The van der Waals surface area contributed by atoms with Gasteiger partial charge < -0.3 is 25.0 Å². The monoisotopic (exact) mass is 569 g/mol. The molecular weight excluding hydrogens is 542 g/mol. The first kappa shape index (κ1) is 27.3. The predicted octanol–water partition coefficient (Wildman–Crippen LogP) is 5.27. The fourth-order valence-electron chi connectivity index (χ4n) is 4.55. The van der Waals surface area contributed by atoms with Crippen LogP contribution >= 0.6 is 12.2 Å². The minimum Gasteiger partial charge on any atom is -0.495 e. The number of fused-ring (bicyclic) bond motifs is 1. The highest BCUT2D eigenvalue weighted by Crippen LogP contribution is 2.39. The molecule has 0 radical (unpaired) electrons. The molecule has 0 unspecified atom stereocenters. The standard InChI is InChI=1S/C29H27N7O4S/c1-18-25(28(39)36(34(18)2)19-11-5-4-6-12-19)31-29(41)33-32-26-20-13-7-9-15-22(20)35(27(26)38)17-24(37)30-21-14-8-10-16-23(21)40-3/h4-16,38H,17H2,1-3H3,(H,30,37)(H,31,41). The van der Waals surface area contributed by atoms with Crippen LogP contribution in [0.5, 0.6) is 11.6 Å². The third-order valence-electron chi connectivity index (χ3n) is 6.63. The first-order valence-corrected chi connectivity index (χ1v) is 13.0. The lowest BCUT2D eigenvalue weighted by atomic mass is 10.2. The number of aromatic hydroxyl groups is 1. The first-order chi connectivity index (χ1) is 19.8. The van der Waals surface area contributed by atoms with E-state index in [1.54, 1.807) is 67.2 Å². The van der Waals surface area contributed by atoms with E-state index in [1.807, 2.05) is 30.3 Å². The average molecular weight is 570 g/mol. The zero-order valence-electron chi connectivity index (χ0n) is 22.5. The zero-order chi connectivity index (χ0) is 29.1. The number of anilines is 2. The van der Waals surface area contributed by atoms with E-state index >= 15 is 0 Å². The van der Waals surface area contributed by atoms with Crippen molar-refractivity contribution in [1.82, 2.24) is 13.9 Å². The van der Waals surface area contributed by atoms with Gasteiger partial charge >= 0.3 is 0 Å². The number of azo groups is 1. The number of amides is 1. The van der Waals surface area contributed by atoms with Gasteiger partial charge in [0.2, 0.25) is 16.9 Å². The number of benzene rings is 3. The highest BCUT2D eigenvalue weighted by Gasteiger charge is 2.20. The van der Waals surface area contributed by atoms with E-state index in [0.29, 0.717) is 33.7 Å². The van der Waals surface area contributed by atoms with Crippen LogP contribution in [-0.4, -0.2) is 37.2 Å². The number of hydrogen-bond acceptors (Lipinski definition) is 6. The molecule has 0 saturated carbocycles. The van der Waals surface area contributed by atoms with Crippen LogP contribution in [-0.2, 0) is 18.4 Å². The van der Waals surface area contributed by atoms with Crippen molar-refractivity contribution >= 4 is 51.2 Å². The number of hydrogen-bond donors (Lipinski definition) is 3. The Morgan fingerprint density at radius 1 is 1.00 bits per heavy atom. The Hall–Kier alpha value is -5.23. The minimum absolute atomic E-state index is 0.0684. The molecule has 0 fully saturated rings. The van der Waals surface area contributed by atoms with E-state index in [4.69, 9.17) is 17.0 Å². The number of carbonyl (C=O) groups is 1. The largest absolute Gasteiger partial charge is 0.495 e. The second kappa shape index (κ2) is 11.5. The van der Waals surface area contributed by atoms with E-state index in [2.05, 4.69) is 20.9 Å². The number of nitrogens with zero attached hydrogens (tertiary/aromatic N) is 5. The number of nitrogens with one attached hydrogen (secondary N) is 2. The van der Waals surface area contributed by atoms with Gasteiger partial charge in [-0.05, 0) is 49.5 Å². The van der Waals surface area contributed by atoms with Gasteiger partial charge in [0.05, 0.1) is 29.7 Å². The van der Waals surface area contributed by atoms with Gasteiger partial charge in [0, 0.05) is 12.4 Å². The van der Waals surface area contributed by atoms with Crippen molar-refractivity contribution in [3.05, 3.63) is 94.9 Å². The van der Waals surface area contributed by atoms with Crippen LogP contribution in [0.4, 0.5) is 17.1 Å². The summed E-state index contributed by atoms with van der Waals surface area (Å²) in [6, 6.07) is 23.4. The highest BCUT2D eigenvalue weighted by molar-refractivity contribution is 7.80. The molecule has 12 heteroatoms. The molecule has 0 saturated heterocycles. The number of para-hydroxylation sites is 4. The molecule has 5 rings (SSSR count). The maximum atomic E-state index is 13.2. The van der Waals surface area contributed by atoms with Crippen LogP contribution in [0.1, 0.15) is 5.69 Å². The lowest BCUT2D eigenvalue weighted by molar-refractivity contribution is -0.116. The molecule has 1 amide bonds. The molecule has 0 aliphatic rings. The fourth-order valence-corrected chi connectivity index (χ4v) is 4.69. The summed E-state index contributed by atoms with van der Waals surface area (Å²) in [6.45, 7) is 1.60. The Bertz CT molecular complexity index is 1850. The van der Waals surface area contributed by atoms with Crippen LogP contribution in [0.3, 0.4) is 0 Å². The maximum absolute atomic E-state index is 13.2. The molecular formula is C29H27N7O4S. The van der Waals surface area contributed by atoms with Crippen LogP contribution in [0.25, 0.3) is 16.6 Å². The molecule has 41 heavy (non-hydrogen) atoms. The number of methoxy groups -OCH3 is 1. The molecule has 208 valence electrons. The van der Waals surface area contributed by atoms with Crippen LogP contribution in [0.15, 0.2) is 93.9 Å². The van der Waals surface area contributed by atoms with Crippen LogP contribution in [0.2, 0.25) is 0 Å². The van der Waals surface area contributed by atoms with Crippen molar-refractivity contribution in [2.24, 2.45) is 17.3 Å². The summed E-state index contributed by atoms with van der Waals surface area (Å²) in [7, 11) is 3.29. The van der Waals surface area contributed by atoms with Gasteiger partial charge in [-0.25, -0.2) is 4.68 Å².